The van der Waals surface area contributed by atoms with Crippen molar-refractivity contribution in [3.05, 3.63) is 0 Å². The van der Waals surface area contributed by atoms with Gasteiger partial charge in [-0.3, -0.25) is 14.4 Å². The van der Waals surface area contributed by atoms with Crippen LogP contribution in [0.1, 0.15) is 44.9 Å². The standard InChI is InChI=1S/C7H13NO4.C6H14N2.C3H8N2O2/c9-6(10)3-1-2-4-8-5-7(11)12;7-5-3-1-2-4-6(5)8;4-1-2(5)3(6)7/h8H,1-5H2,(H,9,10)(H,11,12);5-6H,1-4,7-8H2;2H,1,4-5H2,(H,6,7). The van der Waals surface area contributed by atoms with Crippen molar-refractivity contribution in [2.45, 2.75) is 63.1 Å². The summed E-state index contributed by atoms with van der Waals surface area (Å²) in [5, 5.41) is 27.1. The van der Waals surface area contributed by atoms with Crippen LogP contribution in [0.25, 0.3) is 0 Å². The van der Waals surface area contributed by atoms with Crippen molar-refractivity contribution in [3.63, 3.8) is 0 Å². The van der Waals surface area contributed by atoms with Gasteiger partial charge in [-0.05, 0) is 32.2 Å². The van der Waals surface area contributed by atoms with E-state index in [1.54, 1.807) is 0 Å². The van der Waals surface area contributed by atoms with E-state index in [-0.39, 0.29) is 31.6 Å². The van der Waals surface area contributed by atoms with E-state index in [1.807, 2.05) is 0 Å². The van der Waals surface area contributed by atoms with Crippen LogP contribution in [0.15, 0.2) is 0 Å². The van der Waals surface area contributed by atoms with Gasteiger partial charge < -0.3 is 43.6 Å². The number of aliphatic carboxylic acids is 3. The summed E-state index contributed by atoms with van der Waals surface area (Å²) in [5.74, 6) is -2.76. The molecule has 0 bridgehead atoms. The molecule has 1 aliphatic rings. The predicted molar refractivity (Wildman–Crippen MR) is 101 cm³/mol. The van der Waals surface area contributed by atoms with E-state index in [4.69, 9.17) is 38.3 Å². The molecule has 0 heterocycles. The summed E-state index contributed by atoms with van der Waals surface area (Å²) in [7, 11) is 0. The van der Waals surface area contributed by atoms with Crippen LogP contribution in [-0.4, -0.2) is 71.0 Å². The van der Waals surface area contributed by atoms with E-state index < -0.39 is 23.9 Å². The SMILES string of the molecule is NC1CCCCC1N.NCC(N)C(=O)O.O=C(O)CCCCNCC(=O)O. The Morgan fingerprint density at radius 2 is 1.48 bits per heavy atom. The minimum absolute atomic E-state index is 0.00463. The molecular weight excluding hydrogens is 358 g/mol. The maximum atomic E-state index is 10.0. The Hall–Kier alpha value is -1.79. The third kappa shape index (κ3) is 20.4. The number of carboxylic acid groups (broad SMARTS) is 3. The number of unbranched alkanes of at least 4 members (excludes halogenated alkanes) is 1. The van der Waals surface area contributed by atoms with Crippen LogP contribution in [0.3, 0.4) is 0 Å². The normalized spacial score (nSPS) is 19.6. The average Bonchev–Trinajstić information content (AvgIpc) is 2.60. The fourth-order valence-corrected chi connectivity index (χ4v) is 2.01. The lowest BCUT2D eigenvalue weighted by Crippen LogP contribution is -2.43. The van der Waals surface area contributed by atoms with E-state index in [0.717, 1.165) is 12.8 Å². The quantitative estimate of drug-likeness (QED) is 0.210. The molecule has 0 aromatic carbocycles. The van der Waals surface area contributed by atoms with Crippen molar-refractivity contribution >= 4 is 17.9 Å². The fraction of sp³-hybridized carbons (Fsp3) is 0.812. The molecule has 3 unspecified atom stereocenters. The summed E-state index contributed by atoms with van der Waals surface area (Å²) in [6.45, 7) is 0.488. The molecule has 160 valence electrons. The molecular formula is C16H35N5O6. The summed E-state index contributed by atoms with van der Waals surface area (Å²) in [6, 6.07) is -0.340. The fourth-order valence-electron chi connectivity index (χ4n) is 2.01. The van der Waals surface area contributed by atoms with Gasteiger partial charge in [-0.2, -0.15) is 0 Å². The molecule has 1 fully saturated rings. The molecule has 0 saturated heterocycles. The second-order valence-corrected chi connectivity index (χ2v) is 6.21. The topological polar surface area (TPSA) is 228 Å². The molecule has 11 nitrogen and oxygen atoms in total. The van der Waals surface area contributed by atoms with E-state index in [2.05, 4.69) is 5.32 Å². The monoisotopic (exact) mass is 393 g/mol. The van der Waals surface area contributed by atoms with Crippen LogP contribution >= 0.6 is 0 Å². The first-order valence-electron chi connectivity index (χ1n) is 8.95. The zero-order valence-corrected chi connectivity index (χ0v) is 15.7. The van der Waals surface area contributed by atoms with Crippen LogP contribution in [0.4, 0.5) is 0 Å². The zero-order valence-electron chi connectivity index (χ0n) is 15.7. The van der Waals surface area contributed by atoms with Gasteiger partial charge >= 0.3 is 17.9 Å². The van der Waals surface area contributed by atoms with Gasteiger partial charge in [0.2, 0.25) is 0 Å². The number of nitrogens with two attached hydrogens (primary N) is 4. The Kier molecular flexibility index (Phi) is 17.9. The molecule has 0 spiro atoms. The van der Waals surface area contributed by atoms with Crippen LogP contribution in [0.2, 0.25) is 0 Å². The highest BCUT2D eigenvalue weighted by Crippen LogP contribution is 2.14. The van der Waals surface area contributed by atoms with Crippen molar-refractivity contribution in [3.8, 4) is 0 Å². The average molecular weight is 393 g/mol. The van der Waals surface area contributed by atoms with Crippen molar-refractivity contribution in [1.29, 1.82) is 0 Å². The Bertz CT molecular complexity index is 396. The molecule has 3 atom stereocenters. The third-order valence-corrected chi connectivity index (χ3v) is 3.72. The van der Waals surface area contributed by atoms with Crippen molar-refractivity contribution in [2.75, 3.05) is 19.6 Å². The van der Waals surface area contributed by atoms with Gasteiger partial charge in [0.25, 0.3) is 0 Å². The zero-order chi connectivity index (χ0) is 21.2. The van der Waals surface area contributed by atoms with Crippen LogP contribution in [0, 0.1) is 0 Å². The van der Waals surface area contributed by atoms with E-state index >= 15 is 0 Å². The van der Waals surface area contributed by atoms with Gasteiger partial charge in [0.05, 0.1) is 6.54 Å². The molecule has 0 radical (unpaired) electrons. The lowest BCUT2D eigenvalue weighted by Gasteiger charge is -2.24. The predicted octanol–water partition coefficient (Wildman–Crippen LogP) is -1.51. The number of hydrogen-bond donors (Lipinski definition) is 8. The first kappa shape index (κ1) is 27.4. The summed E-state index contributed by atoms with van der Waals surface area (Å²) in [4.78, 5) is 29.7. The highest BCUT2D eigenvalue weighted by Gasteiger charge is 2.16. The van der Waals surface area contributed by atoms with Crippen molar-refractivity contribution in [1.82, 2.24) is 5.32 Å². The molecule has 0 aromatic rings. The Labute approximate surface area is 159 Å². The number of carboxylic acids is 3. The number of hydrogen-bond acceptors (Lipinski definition) is 8. The maximum absolute atomic E-state index is 10.0. The highest BCUT2D eigenvalue weighted by molar-refractivity contribution is 5.73. The summed E-state index contributed by atoms with van der Waals surface area (Å²) < 4.78 is 0. The molecule has 1 saturated carbocycles. The van der Waals surface area contributed by atoms with E-state index in [0.29, 0.717) is 19.4 Å². The Balaban J connectivity index is 0. The lowest BCUT2D eigenvalue weighted by atomic mass is 9.92. The second kappa shape index (κ2) is 17.6. The van der Waals surface area contributed by atoms with Gasteiger partial charge in [0.15, 0.2) is 0 Å². The van der Waals surface area contributed by atoms with Gasteiger partial charge in [0.1, 0.15) is 6.04 Å². The summed E-state index contributed by atoms with van der Waals surface area (Å²) in [5.41, 5.74) is 21.1. The van der Waals surface area contributed by atoms with Crippen LogP contribution in [0.5, 0.6) is 0 Å². The van der Waals surface area contributed by atoms with Gasteiger partial charge in [-0.25, -0.2) is 0 Å². The second-order valence-electron chi connectivity index (χ2n) is 6.21. The summed E-state index contributed by atoms with van der Waals surface area (Å²) >= 11 is 0. The minimum atomic E-state index is -1.05. The molecule has 1 rings (SSSR count). The van der Waals surface area contributed by atoms with Gasteiger partial charge in [-0.1, -0.05) is 12.8 Å². The molecule has 11 heteroatoms. The van der Waals surface area contributed by atoms with Gasteiger partial charge in [0, 0.05) is 25.0 Å². The third-order valence-electron chi connectivity index (χ3n) is 3.72. The number of nitrogens with one attached hydrogen (secondary N) is 1. The van der Waals surface area contributed by atoms with Gasteiger partial charge in [-0.15, -0.1) is 0 Å². The summed E-state index contributed by atoms with van der Waals surface area (Å²) in [6.07, 6.45) is 6.22. The lowest BCUT2D eigenvalue weighted by molar-refractivity contribution is -0.138. The largest absolute Gasteiger partial charge is 0.481 e. The van der Waals surface area contributed by atoms with Crippen LogP contribution in [-0.2, 0) is 14.4 Å². The molecule has 27 heavy (non-hydrogen) atoms. The van der Waals surface area contributed by atoms with Crippen molar-refractivity contribution in [2.24, 2.45) is 22.9 Å². The van der Waals surface area contributed by atoms with Crippen LogP contribution < -0.4 is 28.3 Å². The smallest absolute Gasteiger partial charge is 0.321 e. The maximum Gasteiger partial charge on any atom is 0.321 e. The molecule has 0 amide bonds. The first-order chi connectivity index (χ1) is 12.6. The minimum Gasteiger partial charge on any atom is -0.481 e. The Morgan fingerprint density at radius 1 is 0.963 bits per heavy atom. The highest BCUT2D eigenvalue weighted by atomic mass is 16.4. The van der Waals surface area contributed by atoms with E-state index in [1.165, 1.54) is 12.8 Å². The molecule has 12 N–H and O–H groups in total. The van der Waals surface area contributed by atoms with Crippen molar-refractivity contribution < 1.29 is 29.7 Å². The Morgan fingerprint density at radius 3 is 1.78 bits per heavy atom. The first-order valence-corrected chi connectivity index (χ1v) is 8.95. The van der Waals surface area contributed by atoms with E-state index in [9.17, 15) is 14.4 Å². The molecule has 1 aliphatic carbocycles. The molecule has 0 aromatic heterocycles. The molecule has 0 aliphatic heterocycles. The number of rotatable bonds is 9. The number of carbonyl (C=O) groups is 3.